The Hall–Kier alpha value is -1.58. The summed E-state index contributed by atoms with van der Waals surface area (Å²) in [5.74, 6) is -0.792. The van der Waals surface area contributed by atoms with Crippen LogP contribution in [0.1, 0.15) is 13.8 Å². The van der Waals surface area contributed by atoms with Crippen LogP contribution in [0, 0.1) is 0 Å². The van der Waals surface area contributed by atoms with Crippen molar-refractivity contribution in [2.24, 2.45) is 0 Å². The minimum Gasteiger partial charge on any atom is -0.454 e. The van der Waals surface area contributed by atoms with Crippen LogP contribution in [0.4, 0.5) is 0 Å². The molecule has 0 aromatic carbocycles. The van der Waals surface area contributed by atoms with Crippen LogP contribution in [0.3, 0.4) is 0 Å². The summed E-state index contributed by atoms with van der Waals surface area (Å²) in [6, 6.07) is 0. The molecule has 0 radical (unpaired) electrons. The number of allylic oxidation sites excluding steroid dienone is 2. The number of hydrogen-bond acceptors (Lipinski definition) is 4. The van der Waals surface area contributed by atoms with Gasteiger partial charge >= 0.3 is 11.9 Å². The van der Waals surface area contributed by atoms with Gasteiger partial charge in [-0.15, -0.1) is 0 Å². The highest BCUT2D eigenvalue weighted by Gasteiger charge is 2.23. The minimum atomic E-state index is -0.513. The summed E-state index contributed by atoms with van der Waals surface area (Å²) in [5.41, 5.74) is 0. The monoisotopic (exact) mass is 196 g/mol. The van der Waals surface area contributed by atoms with E-state index < -0.39 is 24.1 Å². The molecule has 0 saturated carbocycles. The Morgan fingerprint density at radius 3 is 1.57 bits per heavy atom. The van der Waals surface area contributed by atoms with Crippen LogP contribution in [-0.4, -0.2) is 24.1 Å². The number of hydrogen-bond donors (Lipinski definition) is 0. The molecule has 1 rings (SSSR count). The predicted molar refractivity (Wildman–Crippen MR) is 49.4 cm³/mol. The first-order chi connectivity index (χ1) is 6.59. The first-order valence-corrected chi connectivity index (χ1v) is 4.29. The lowest BCUT2D eigenvalue weighted by Crippen LogP contribution is -2.32. The summed E-state index contributed by atoms with van der Waals surface area (Å²) < 4.78 is 9.90. The summed E-state index contributed by atoms with van der Waals surface area (Å²) in [4.78, 5) is 21.4. The van der Waals surface area contributed by atoms with Gasteiger partial charge in [-0.05, 0) is 12.2 Å². The van der Waals surface area contributed by atoms with E-state index in [2.05, 4.69) is 0 Å². The van der Waals surface area contributed by atoms with Crippen LogP contribution in [-0.2, 0) is 19.1 Å². The van der Waals surface area contributed by atoms with Gasteiger partial charge in [-0.25, -0.2) is 0 Å². The molecule has 1 aliphatic carbocycles. The average molecular weight is 196 g/mol. The van der Waals surface area contributed by atoms with Gasteiger partial charge in [-0.2, -0.15) is 0 Å². The third-order valence-electron chi connectivity index (χ3n) is 1.64. The summed E-state index contributed by atoms with van der Waals surface area (Å²) in [6.07, 6.45) is 5.81. The lowest BCUT2D eigenvalue weighted by Gasteiger charge is -2.22. The quantitative estimate of drug-likeness (QED) is 0.618. The second-order valence-corrected chi connectivity index (χ2v) is 2.92. The van der Waals surface area contributed by atoms with E-state index >= 15 is 0 Å². The van der Waals surface area contributed by atoms with Gasteiger partial charge in [0, 0.05) is 13.8 Å². The maximum absolute atomic E-state index is 10.7. The molecule has 0 fully saturated rings. The highest BCUT2D eigenvalue weighted by Crippen LogP contribution is 2.13. The van der Waals surface area contributed by atoms with E-state index in [-0.39, 0.29) is 0 Å². The van der Waals surface area contributed by atoms with Crippen molar-refractivity contribution in [3.63, 3.8) is 0 Å². The Kier molecular flexibility index (Phi) is 3.45. The van der Waals surface area contributed by atoms with Gasteiger partial charge in [0.25, 0.3) is 0 Å². The number of rotatable bonds is 2. The lowest BCUT2D eigenvalue weighted by molar-refractivity contribution is -0.158. The molecule has 0 heterocycles. The predicted octanol–water partition coefficient (Wildman–Crippen LogP) is 0.976. The zero-order valence-electron chi connectivity index (χ0n) is 8.10. The van der Waals surface area contributed by atoms with E-state index in [1.54, 1.807) is 24.3 Å². The number of esters is 2. The molecule has 1 aliphatic rings. The van der Waals surface area contributed by atoms with Crippen molar-refractivity contribution in [3.05, 3.63) is 24.3 Å². The molecule has 76 valence electrons. The van der Waals surface area contributed by atoms with Crippen molar-refractivity contribution >= 4 is 11.9 Å². The molecule has 2 unspecified atom stereocenters. The molecule has 4 nitrogen and oxygen atoms in total. The molecule has 14 heavy (non-hydrogen) atoms. The van der Waals surface area contributed by atoms with Gasteiger partial charge in [0.15, 0.2) is 12.2 Å². The topological polar surface area (TPSA) is 52.6 Å². The van der Waals surface area contributed by atoms with E-state index in [0.717, 1.165) is 0 Å². The van der Waals surface area contributed by atoms with Crippen LogP contribution in [0.25, 0.3) is 0 Å². The van der Waals surface area contributed by atoms with Crippen LogP contribution in [0.2, 0.25) is 0 Å². The van der Waals surface area contributed by atoms with Gasteiger partial charge in [0.2, 0.25) is 0 Å². The Balaban J connectivity index is 2.61. The standard InChI is InChI=1S/C10H12O4/c1-7(11)13-9-5-3-4-6-10(9)14-8(2)12/h3-6,9-10H,1-2H3. The summed E-state index contributed by atoms with van der Waals surface area (Å²) in [7, 11) is 0. The van der Waals surface area contributed by atoms with Gasteiger partial charge in [0.05, 0.1) is 0 Å². The largest absolute Gasteiger partial charge is 0.454 e. The first kappa shape index (κ1) is 10.5. The average Bonchev–Trinajstić information content (AvgIpc) is 2.06. The highest BCUT2D eigenvalue weighted by atomic mass is 16.6. The lowest BCUT2D eigenvalue weighted by atomic mass is 10.1. The smallest absolute Gasteiger partial charge is 0.303 e. The molecular weight excluding hydrogens is 184 g/mol. The third kappa shape index (κ3) is 3.05. The second-order valence-electron chi connectivity index (χ2n) is 2.92. The Labute approximate surface area is 82.2 Å². The van der Waals surface area contributed by atoms with E-state index in [4.69, 9.17) is 9.47 Å². The molecule has 0 spiro atoms. The van der Waals surface area contributed by atoms with Crippen molar-refractivity contribution < 1.29 is 19.1 Å². The fourth-order valence-corrected chi connectivity index (χ4v) is 1.16. The SMILES string of the molecule is CC(=O)OC1C=CC=CC1OC(C)=O. The van der Waals surface area contributed by atoms with E-state index in [1.807, 2.05) is 0 Å². The van der Waals surface area contributed by atoms with Crippen molar-refractivity contribution in [3.8, 4) is 0 Å². The molecule has 0 N–H and O–H groups in total. The number of carbonyl (C=O) groups excluding carboxylic acids is 2. The molecule has 4 heteroatoms. The fraction of sp³-hybridized carbons (Fsp3) is 0.400. The van der Waals surface area contributed by atoms with Crippen LogP contribution in [0.15, 0.2) is 24.3 Å². The second kappa shape index (κ2) is 4.60. The first-order valence-electron chi connectivity index (χ1n) is 4.29. The zero-order chi connectivity index (χ0) is 10.6. The molecule has 0 amide bonds. The van der Waals surface area contributed by atoms with Gasteiger partial charge < -0.3 is 9.47 Å². The summed E-state index contributed by atoms with van der Waals surface area (Å²) >= 11 is 0. The van der Waals surface area contributed by atoms with E-state index in [1.165, 1.54) is 13.8 Å². The molecule has 2 atom stereocenters. The van der Waals surface area contributed by atoms with Gasteiger partial charge in [0.1, 0.15) is 0 Å². The van der Waals surface area contributed by atoms with Crippen molar-refractivity contribution in [1.29, 1.82) is 0 Å². The maximum Gasteiger partial charge on any atom is 0.303 e. The van der Waals surface area contributed by atoms with Crippen LogP contribution < -0.4 is 0 Å². The Morgan fingerprint density at radius 2 is 1.29 bits per heavy atom. The normalized spacial score (nSPS) is 24.4. The fourth-order valence-electron chi connectivity index (χ4n) is 1.16. The molecule has 0 saturated heterocycles. The zero-order valence-corrected chi connectivity index (χ0v) is 8.10. The summed E-state index contributed by atoms with van der Waals surface area (Å²) in [5, 5.41) is 0. The number of carbonyl (C=O) groups is 2. The third-order valence-corrected chi connectivity index (χ3v) is 1.64. The van der Waals surface area contributed by atoms with Gasteiger partial charge in [-0.3, -0.25) is 9.59 Å². The molecule has 0 aromatic heterocycles. The van der Waals surface area contributed by atoms with Crippen molar-refractivity contribution in [1.82, 2.24) is 0 Å². The van der Waals surface area contributed by atoms with Crippen LogP contribution >= 0.6 is 0 Å². The molecular formula is C10H12O4. The van der Waals surface area contributed by atoms with E-state index in [9.17, 15) is 9.59 Å². The molecule has 0 aliphatic heterocycles. The maximum atomic E-state index is 10.7. The van der Waals surface area contributed by atoms with Crippen molar-refractivity contribution in [2.45, 2.75) is 26.1 Å². The van der Waals surface area contributed by atoms with Gasteiger partial charge in [-0.1, -0.05) is 12.2 Å². The number of ether oxygens (including phenoxy) is 2. The molecule has 0 aromatic rings. The van der Waals surface area contributed by atoms with Crippen LogP contribution in [0.5, 0.6) is 0 Å². The minimum absolute atomic E-state index is 0.396. The highest BCUT2D eigenvalue weighted by molar-refractivity contribution is 5.68. The van der Waals surface area contributed by atoms with Crippen molar-refractivity contribution in [2.75, 3.05) is 0 Å². The molecule has 0 bridgehead atoms. The summed E-state index contributed by atoms with van der Waals surface area (Å²) in [6.45, 7) is 2.63. The Morgan fingerprint density at radius 1 is 0.929 bits per heavy atom. The Bertz CT molecular complexity index is 260. The van der Waals surface area contributed by atoms with E-state index in [0.29, 0.717) is 0 Å².